The van der Waals surface area contributed by atoms with Crippen LogP contribution < -0.4 is 0 Å². The molecule has 25 heavy (non-hydrogen) atoms. The van der Waals surface area contributed by atoms with E-state index in [1.54, 1.807) is 29.2 Å². The van der Waals surface area contributed by atoms with Crippen molar-refractivity contribution in [3.63, 3.8) is 0 Å². The molecule has 130 valence electrons. The molecule has 0 heterocycles. The molecule has 2 aromatic rings. The Bertz CT molecular complexity index is 744. The van der Waals surface area contributed by atoms with Crippen molar-refractivity contribution in [1.82, 2.24) is 4.90 Å². The van der Waals surface area contributed by atoms with Crippen molar-refractivity contribution in [2.45, 2.75) is 13.5 Å². The van der Waals surface area contributed by atoms with Crippen molar-refractivity contribution in [3.05, 3.63) is 76.8 Å². The zero-order valence-corrected chi connectivity index (χ0v) is 14.8. The third-order valence-electron chi connectivity index (χ3n) is 3.55. The molecule has 0 aliphatic carbocycles. The SMILES string of the molecule is CCN(Cc1ccccc1)C(=O)COC(=O)/C=C/c1cccc(Cl)c1. The summed E-state index contributed by atoms with van der Waals surface area (Å²) in [5, 5.41) is 0.588. The maximum atomic E-state index is 12.2. The van der Waals surface area contributed by atoms with Crippen molar-refractivity contribution in [2.75, 3.05) is 13.2 Å². The molecule has 2 rings (SSSR count). The van der Waals surface area contributed by atoms with E-state index in [2.05, 4.69) is 0 Å². The van der Waals surface area contributed by atoms with Gasteiger partial charge in [-0.2, -0.15) is 0 Å². The highest BCUT2D eigenvalue weighted by atomic mass is 35.5. The van der Waals surface area contributed by atoms with E-state index in [-0.39, 0.29) is 12.5 Å². The maximum Gasteiger partial charge on any atom is 0.331 e. The summed E-state index contributed by atoms with van der Waals surface area (Å²) in [5.41, 5.74) is 1.82. The smallest absolute Gasteiger partial charge is 0.331 e. The van der Waals surface area contributed by atoms with Gasteiger partial charge in [-0.1, -0.05) is 54.1 Å². The Hall–Kier alpha value is -2.59. The van der Waals surface area contributed by atoms with Crippen molar-refractivity contribution >= 4 is 29.6 Å². The van der Waals surface area contributed by atoms with E-state index < -0.39 is 5.97 Å². The average molecular weight is 358 g/mol. The molecule has 0 aliphatic rings. The fourth-order valence-electron chi connectivity index (χ4n) is 2.23. The molecule has 0 atom stereocenters. The van der Waals surface area contributed by atoms with Gasteiger partial charge in [0.05, 0.1) is 0 Å². The van der Waals surface area contributed by atoms with Gasteiger partial charge in [0.15, 0.2) is 6.61 Å². The van der Waals surface area contributed by atoms with Crippen LogP contribution in [-0.4, -0.2) is 29.9 Å². The molecule has 0 saturated heterocycles. The van der Waals surface area contributed by atoms with Gasteiger partial charge in [0.1, 0.15) is 0 Å². The summed E-state index contributed by atoms with van der Waals surface area (Å²) in [6, 6.07) is 16.8. The van der Waals surface area contributed by atoms with Crippen LogP contribution in [0, 0.1) is 0 Å². The highest BCUT2D eigenvalue weighted by Gasteiger charge is 2.13. The van der Waals surface area contributed by atoms with Crippen LogP contribution in [0.1, 0.15) is 18.1 Å². The van der Waals surface area contributed by atoms with E-state index in [1.165, 1.54) is 6.08 Å². The van der Waals surface area contributed by atoms with E-state index in [4.69, 9.17) is 16.3 Å². The van der Waals surface area contributed by atoms with Crippen molar-refractivity contribution in [1.29, 1.82) is 0 Å². The first-order valence-electron chi connectivity index (χ1n) is 8.00. The second kappa shape index (κ2) is 9.64. The lowest BCUT2D eigenvalue weighted by atomic mass is 10.2. The lowest BCUT2D eigenvalue weighted by Crippen LogP contribution is -2.33. The predicted octanol–water partition coefficient (Wildman–Crippen LogP) is 3.95. The summed E-state index contributed by atoms with van der Waals surface area (Å²) < 4.78 is 5.03. The third-order valence-corrected chi connectivity index (χ3v) is 3.78. The number of carbonyl (C=O) groups is 2. The lowest BCUT2D eigenvalue weighted by molar-refractivity contribution is -0.148. The number of ether oxygens (including phenoxy) is 1. The molecule has 0 saturated carbocycles. The van der Waals surface area contributed by atoms with Crippen LogP contribution in [0.25, 0.3) is 6.08 Å². The number of benzene rings is 2. The number of hydrogen-bond acceptors (Lipinski definition) is 3. The van der Waals surface area contributed by atoms with Crippen LogP contribution >= 0.6 is 11.6 Å². The number of esters is 1. The van der Waals surface area contributed by atoms with E-state index in [9.17, 15) is 9.59 Å². The average Bonchev–Trinajstić information content (AvgIpc) is 2.63. The quantitative estimate of drug-likeness (QED) is 0.557. The Kier molecular flexibility index (Phi) is 7.23. The molecule has 0 aromatic heterocycles. The van der Waals surface area contributed by atoms with E-state index in [1.807, 2.05) is 43.3 Å². The molecule has 2 aromatic carbocycles. The maximum absolute atomic E-state index is 12.2. The highest BCUT2D eigenvalue weighted by Crippen LogP contribution is 2.12. The van der Waals surface area contributed by atoms with E-state index >= 15 is 0 Å². The molecular formula is C20H20ClNO3. The second-order valence-corrected chi connectivity index (χ2v) is 5.83. The van der Waals surface area contributed by atoms with Gasteiger partial charge in [-0.3, -0.25) is 4.79 Å². The molecule has 0 bridgehead atoms. The molecule has 0 radical (unpaired) electrons. The van der Waals surface area contributed by atoms with E-state index in [0.717, 1.165) is 11.1 Å². The van der Waals surface area contributed by atoms with Gasteiger partial charge in [-0.05, 0) is 36.3 Å². The number of rotatable bonds is 7. The second-order valence-electron chi connectivity index (χ2n) is 5.39. The number of nitrogens with zero attached hydrogens (tertiary/aromatic N) is 1. The van der Waals surface area contributed by atoms with Crippen molar-refractivity contribution in [2.24, 2.45) is 0 Å². The minimum atomic E-state index is -0.566. The molecule has 0 aliphatic heterocycles. The largest absolute Gasteiger partial charge is 0.452 e. The number of hydrogen-bond donors (Lipinski definition) is 0. The summed E-state index contributed by atoms with van der Waals surface area (Å²) in [6.45, 7) is 2.65. The molecule has 0 N–H and O–H groups in total. The number of carbonyl (C=O) groups excluding carboxylic acids is 2. The van der Waals surface area contributed by atoms with Gasteiger partial charge in [0.25, 0.3) is 5.91 Å². The zero-order chi connectivity index (χ0) is 18.1. The van der Waals surface area contributed by atoms with Crippen molar-refractivity contribution < 1.29 is 14.3 Å². The minimum Gasteiger partial charge on any atom is -0.452 e. The Morgan fingerprint density at radius 3 is 2.56 bits per heavy atom. The fourth-order valence-corrected chi connectivity index (χ4v) is 2.43. The number of likely N-dealkylation sites (N-methyl/N-ethyl adjacent to an activating group) is 1. The topological polar surface area (TPSA) is 46.6 Å². The van der Waals surface area contributed by atoms with Gasteiger partial charge in [0, 0.05) is 24.2 Å². The number of halogens is 1. The summed E-state index contributed by atoms with van der Waals surface area (Å²) in [5.74, 6) is -0.792. The summed E-state index contributed by atoms with van der Waals surface area (Å²) in [4.78, 5) is 25.6. The third kappa shape index (κ3) is 6.43. The molecule has 4 nitrogen and oxygen atoms in total. The van der Waals surface area contributed by atoms with Crippen LogP contribution in [0.5, 0.6) is 0 Å². The molecule has 0 spiro atoms. The Morgan fingerprint density at radius 1 is 1.12 bits per heavy atom. The van der Waals surface area contributed by atoms with Gasteiger partial charge >= 0.3 is 5.97 Å². The van der Waals surface area contributed by atoms with Gasteiger partial charge in [-0.25, -0.2) is 4.79 Å². The van der Waals surface area contributed by atoms with Crippen LogP contribution in [0.2, 0.25) is 5.02 Å². The normalized spacial score (nSPS) is 10.6. The van der Waals surface area contributed by atoms with Crippen LogP contribution in [0.3, 0.4) is 0 Å². The molecule has 0 unspecified atom stereocenters. The van der Waals surface area contributed by atoms with Gasteiger partial charge in [-0.15, -0.1) is 0 Å². The first kappa shape index (κ1) is 18.7. The predicted molar refractivity (Wildman–Crippen MR) is 99.0 cm³/mol. The first-order valence-corrected chi connectivity index (χ1v) is 8.38. The minimum absolute atomic E-state index is 0.226. The Labute approximate surface area is 152 Å². The standard InChI is InChI=1S/C20H20ClNO3/c1-2-22(14-17-7-4-3-5-8-17)19(23)15-25-20(24)12-11-16-9-6-10-18(21)13-16/h3-13H,2,14-15H2,1H3/b12-11+. The highest BCUT2D eigenvalue weighted by molar-refractivity contribution is 6.30. The van der Waals surface area contributed by atoms with Crippen LogP contribution in [-0.2, 0) is 20.9 Å². The van der Waals surface area contributed by atoms with Gasteiger partial charge < -0.3 is 9.64 Å². The molecule has 5 heteroatoms. The van der Waals surface area contributed by atoms with Gasteiger partial charge in [0.2, 0.25) is 0 Å². The summed E-state index contributed by atoms with van der Waals surface area (Å²) in [6.07, 6.45) is 2.88. The Morgan fingerprint density at radius 2 is 1.88 bits per heavy atom. The Balaban J connectivity index is 1.84. The van der Waals surface area contributed by atoms with Crippen LogP contribution in [0.4, 0.5) is 0 Å². The van der Waals surface area contributed by atoms with E-state index in [0.29, 0.717) is 18.1 Å². The fraction of sp³-hybridized carbons (Fsp3) is 0.200. The summed E-state index contributed by atoms with van der Waals surface area (Å²) in [7, 11) is 0. The summed E-state index contributed by atoms with van der Waals surface area (Å²) >= 11 is 5.88. The molecular weight excluding hydrogens is 338 g/mol. The van der Waals surface area contributed by atoms with Crippen LogP contribution in [0.15, 0.2) is 60.7 Å². The monoisotopic (exact) mass is 357 g/mol. The first-order chi connectivity index (χ1) is 12.1. The lowest BCUT2D eigenvalue weighted by Gasteiger charge is -2.20. The molecule has 0 fully saturated rings. The number of amides is 1. The zero-order valence-electron chi connectivity index (χ0n) is 14.0. The van der Waals surface area contributed by atoms with Crippen molar-refractivity contribution in [3.8, 4) is 0 Å². The molecule has 1 amide bonds.